The highest BCUT2D eigenvalue weighted by molar-refractivity contribution is 14.0. The van der Waals surface area contributed by atoms with Gasteiger partial charge in [-0.15, -0.1) is 24.0 Å². The van der Waals surface area contributed by atoms with E-state index in [9.17, 15) is 0 Å². The first-order valence-corrected chi connectivity index (χ1v) is 9.97. The Labute approximate surface area is 171 Å². The standard InChI is InChI=1S/C19H37N3O2.HI/c1-3-24-18(17-7-4-5-8-17)11-13-22-19(20-2)21-12-6-14-23-15-16-9-10-16;/h16-18H,3-15H2,1-2H3,(H2,20,21,22);1H. The number of aliphatic imine (C=N–C) groups is 1. The summed E-state index contributed by atoms with van der Waals surface area (Å²) in [6, 6.07) is 0. The molecule has 0 aliphatic heterocycles. The van der Waals surface area contributed by atoms with Gasteiger partial charge in [-0.05, 0) is 57.3 Å². The minimum atomic E-state index is 0. The van der Waals surface area contributed by atoms with Crippen molar-refractivity contribution in [2.45, 2.75) is 64.4 Å². The van der Waals surface area contributed by atoms with Crippen molar-refractivity contribution in [3.05, 3.63) is 0 Å². The van der Waals surface area contributed by atoms with E-state index < -0.39 is 0 Å². The van der Waals surface area contributed by atoms with Crippen LogP contribution in [0.1, 0.15) is 58.3 Å². The van der Waals surface area contributed by atoms with E-state index in [-0.39, 0.29) is 24.0 Å². The zero-order chi connectivity index (χ0) is 17.0. The zero-order valence-electron chi connectivity index (χ0n) is 16.1. The van der Waals surface area contributed by atoms with Crippen molar-refractivity contribution in [2.24, 2.45) is 16.8 Å². The van der Waals surface area contributed by atoms with E-state index in [0.717, 1.165) is 63.5 Å². The fourth-order valence-corrected chi connectivity index (χ4v) is 3.47. The SMILES string of the molecule is CCOC(CCNC(=NC)NCCCOCC1CC1)C1CCCC1.I. The van der Waals surface area contributed by atoms with Gasteiger partial charge >= 0.3 is 0 Å². The van der Waals surface area contributed by atoms with Crippen molar-refractivity contribution in [3.8, 4) is 0 Å². The molecule has 2 rings (SSSR count). The Hall–Kier alpha value is -0.0800. The molecule has 0 radical (unpaired) electrons. The summed E-state index contributed by atoms with van der Waals surface area (Å²) in [5, 5.41) is 6.79. The Morgan fingerprint density at radius 1 is 1.12 bits per heavy atom. The molecule has 2 aliphatic carbocycles. The Morgan fingerprint density at radius 2 is 1.84 bits per heavy atom. The lowest BCUT2D eigenvalue weighted by Gasteiger charge is -2.24. The van der Waals surface area contributed by atoms with Crippen LogP contribution in [0.15, 0.2) is 4.99 Å². The molecule has 0 heterocycles. The predicted octanol–water partition coefficient (Wildman–Crippen LogP) is 3.57. The fraction of sp³-hybridized carbons (Fsp3) is 0.947. The smallest absolute Gasteiger partial charge is 0.190 e. The number of halogens is 1. The maximum Gasteiger partial charge on any atom is 0.190 e. The van der Waals surface area contributed by atoms with Gasteiger partial charge in [-0.25, -0.2) is 0 Å². The molecule has 0 spiro atoms. The molecule has 0 amide bonds. The first-order valence-electron chi connectivity index (χ1n) is 9.97. The van der Waals surface area contributed by atoms with Gasteiger partial charge in [-0.2, -0.15) is 0 Å². The summed E-state index contributed by atoms with van der Waals surface area (Å²) < 4.78 is 11.6. The molecule has 1 atom stereocenters. The van der Waals surface area contributed by atoms with E-state index in [1.165, 1.54) is 38.5 Å². The predicted molar refractivity (Wildman–Crippen MR) is 115 cm³/mol. The van der Waals surface area contributed by atoms with Crippen LogP contribution in [-0.2, 0) is 9.47 Å². The van der Waals surface area contributed by atoms with E-state index in [1.54, 1.807) is 0 Å². The Balaban J connectivity index is 0.00000312. The van der Waals surface area contributed by atoms with Crippen molar-refractivity contribution in [1.29, 1.82) is 0 Å². The van der Waals surface area contributed by atoms with Gasteiger partial charge in [0.05, 0.1) is 6.10 Å². The molecule has 2 fully saturated rings. The largest absolute Gasteiger partial charge is 0.381 e. The summed E-state index contributed by atoms with van der Waals surface area (Å²) in [6.07, 6.45) is 10.6. The second kappa shape index (κ2) is 14.0. The van der Waals surface area contributed by atoms with Gasteiger partial charge in [0.1, 0.15) is 0 Å². The lowest BCUT2D eigenvalue weighted by atomic mass is 9.98. The van der Waals surface area contributed by atoms with Gasteiger partial charge in [0.25, 0.3) is 0 Å². The molecule has 25 heavy (non-hydrogen) atoms. The minimum absolute atomic E-state index is 0. The van der Waals surface area contributed by atoms with Crippen molar-refractivity contribution in [2.75, 3.05) is 40.0 Å². The van der Waals surface area contributed by atoms with E-state index in [4.69, 9.17) is 9.47 Å². The summed E-state index contributed by atoms with van der Waals surface area (Å²) >= 11 is 0. The average molecular weight is 467 g/mol. The number of guanidine groups is 1. The van der Waals surface area contributed by atoms with Crippen molar-refractivity contribution in [3.63, 3.8) is 0 Å². The zero-order valence-corrected chi connectivity index (χ0v) is 18.4. The Bertz CT molecular complexity index is 359. The molecule has 148 valence electrons. The third-order valence-corrected chi connectivity index (χ3v) is 5.06. The normalized spacial score (nSPS) is 19.5. The third kappa shape index (κ3) is 9.99. The highest BCUT2D eigenvalue weighted by Gasteiger charge is 2.25. The van der Waals surface area contributed by atoms with Gasteiger partial charge in [0, 0.05) is 40.0 Å². The van der Waals surface area contributed by atoms with Crippen LogP contribution >= 0.6 is 24.0 Å². The molecule has 0 aromatic carbocycles. The number of hydrogen-bond donors (Lipinski definition) is 2. The van der Waals surface area contributed by atoms with Crippen molar-refractivity contribution >= 4 is 29.9 Å². The lowest BCUT2D eigenvalue weighted by Crippen LogP contribution is -2.40. The van der Waals surface area contributed by atoms with Gasteiger partial charge < -0.3 is 20.1 Å². The molecular weight excluding hydrogens is 429 g/mol. The van der Waals surface area contributed by atoms with Crippen LogP contribution in [0.25, 0.3) is 0 Å². The average Bonchev–Trinajstić information content (AvgIpc) is 3.26. The fourth-order valence-electron chi connectivity index (χ4n) is 3.47. The minimum Gasteiger partial charge on any atom is -0.381 e. The molecule has 0 aromatic heterocycles. The van der Waals surface area contributed by atoms with Crippen LogP contribution in [-0.4, -0.2) is 52.0 Å². The molecule has 1 unspecified atom stereocenters. The molecule has 0 bridgehead atoms. The maximum absolute atomic E-state index is 5.97. The topological polar surface area (TPSA) is 54.9 Å². The number of nitrogens with zero attached hydrogens (tertiary/aromatic N) is 1. The van der Waals surface area contributed by atoms with Gasteiger partial charge in [-0.3, -0.25) is 4.99 Å². The molecular formula is C19H38IN3O2. The van der Waals surface area contributed by atoms with Crippen molar-refractivity contribution < 1.29 is 9.47 Å². The quantitative estimate of drug-likeness (QED) is 0.200. The van der Waals surface area contributed by atoms with E-state index in [2.05, 4.69) is 22.5 Å². The molecule has 0 aromatic rings. The van der Waals surface area contributed by atoms with Gasteiger partial charge in [0.2, 0.25) is 0 Å². The maximum atomic E-state index is 5.97. The summed E-state index contributed by atoms with van der Waals surface area (Å²) in [4.78, 5) is 4.30. The first-order chi connectivity index (χ1) is 11.8. The van der Waals surface area contributed by atoms with Crippen LogP contribution in [0.4, 0.5) is 0 Å². The van der Waals surface area contributed by atoms with Crippen LogP contribution in [0, 0.1) is 11.8 Å². The van der Waals surface area contributed by atoms with Gasteiger partial charge in [0.15, 0.2) is 5.96 Å². The molecule has 6 heteroatoms. The van der Waals surface area contributed by atoms with Crippen LogP contribution in [0.3, 0.4) is 0 Å². The Morgan fingerprint density at radius 3 is 2.48 bits per heavy atom. The summed E-state index contributed by atoms with van der Waals surface area (Å²) in [7, 11) is 1.83. The van der Waals surface area contributed by atoms with Crippen LogP contribution in [0.5, 0.6) is 0 Å². The highest BCUT2D eigenvalue weighted by Crippen LogP contribution is 2.30. The third-order valence-electron chi connectivity index (χ3n) is 5.06. The summed E-state index contributed by atoms with van der Waals surface area (Å²) in [6.45, 7) is 6.53. The molecule has 2 aliphatic rings. The monoisotopic (exact) mass is 467 g/mol. The number of hydrogen-bond acceptors (Lipinski definition) is 3. The van der Waals surface area contributed by atoms with E-state index >= 15 is 0 Å². The van der Waals surface area contributed by atoms with Gasteiger partial charge in [-0.1, -0.05) is 12.8 Å². The van der Waals surface area contributed by atoms with E-state index in [0.29, 0.717) is 6.10 Å². The van der Waals surface area contributed by atoms with Crippen LogP contribution in [0.2, 0.25) is 0 Å². The summed E-state index contributed by atoms with van der Waals surface area (Å²) in [5.41, 5.74) is 0. The second-order valence-corrected chi connectivity index (χ2v) is 7.12. The molecule has 2 N–H and O–H groups in total. The first kappa shape index (κ1) is 23.0. The van der Waals surface area contributed by atoms with Crippen LogP contribution < -0.4 is 10.6 Å². The highest BCUT2D eigenvalue weighted by atomic mass is 127. The molecule has 5 nitrogen and oxygen atoms in total. The number of nitrogens with one attached hydrogen (secondary N) is 2. The van der Waals surface area contributed by atoms with Crippen molar-refractivity contribution in [1.82, 2.24) is 10.6 Å². The van der Waals surface area contributed by atoms with E-state index in [1.807, 2.05) is 7.05 Å². The molecule has 0 saturated heterocycles. The second-order valence-electron chi connectivity index (χ2n) is 7.12. The Kier molecular flexibility index (Phi) is 12.9. The lowest BCUT2D eigenvalue weighted by molar-refractivity contribution is 0.0169. The molecule has 2 saturated carbocycles. The number of rotatable bonds is 12. The number of ether oxygens (including phenoxy) is 2. The summed E-state index contributed by atoms with van der Waals surface area (Å²) in [5.74, 6) is 2.50.